The third-order valence-electron chi connectivity index (χ3n) is 5.50. The van der Waals surface area contributed by atoms with Crippen molar-refractivity contribution in [1.29, 1.82) is 5.26 Å². The summed E-state index contributed by atoms with van der Waals surface area (Å²) in [6, 6.07) is 16.1. The molecular weight excluding hydrogens is 380 g/mol. The maximum atomic E-state index is 13.0. The van der Waals surface area contributed by atoms with E-state index >= 15 is 0 Å². The van der Waals surface area contributed by atoms with Crippen LogP contribution in [0.25, 0.3) is 11.4 Å². The molecule has 1 fully saturated rings. The molecule has 30 heavy (non-hydrogen) atoms. The van der Waals surface area contributed by atoms with E-state index in [1.807, 2.05) is 24.3 Å². The van der Waals surface area contributed by atoms with Crippen LogP contribution in [-0.4, -0.2) is 23.2 Å². The Bertz CT molecular complexity index is 1080. The number of rotatable bonds is 5. The molecule has 0 radical (unpaired) electrons. The lowest BCUT2D eigenvalue weighted by Gasteiger charge is -2.34. The van der Waals surface area contributed by atoms with Gasteiger partial charge in [0.05, 0.1) is 18.7 Å². The number of nitrogens with one attached hydrogen (secondary N) is 1. The summed E-state index contributed by atoms with van der Waals surface area (Å²) in [6.45, 7) is 0. The van der Waals surface area contributed by atoms with Crippen LogP contribution in [-0.2, 0) is 5.54 Å². The predicted molar refractivity (Wildman–Crippen MR) is 110 cm³/mol. The average Bonchev–Trinajstić information content (AvgIpc) is 3.31. The Kier molecular flexibility index (Phi) is 5.48. The molecule has 0 unspecified atom stereocenters. The van der Waals surface area contributed by atoms with E-state index in [2.05, 4.69) is 21.5 Å². The molecule has 1 N–H and O–H groups in total. The van der Waals surface area contributed by atoms with Gasteiger partial charge in [0.1, 0.15) is 11.3 Å². The van der Waals surface area contributed by atoms with Gasteiger partial charge >= 0.3 is 0 Å². The smallest absolute Gasteiger partial charge is 0.252 e. The highest BCUT2D eigenvalue weighted by molar-refractivity contribution is 5.95. The largest absolute Gasteiger partial charge is 0.497 e. The number of carbonyl (C=O) groups is 1. The minimum absolute atomic E-state index is 0.252. The molecule has 7 nitrogen and oxygen atoms in total. The molecule has 2 aromatic carbocycles. The Morgan fingerprint density at radius 1 is 1.17 bits per heavy atom. The van der Waals surface area contributed by atoms with Crippen molar-refractivity contribution in [3.05, 3.63) is 65.5 Å². The van der Waals surface area contributed by atoms with Crippen LogP contribution in [0.4, 0.5) is 0 Å². The second-order valence-electron chi connectivity index (χ2n) is 7.44. The Balaban J connectivity index is 1.63. The van der Waals surface area contributed by atoms with Crippen molar-refractivity contribution >= 4 is 5.91 Å². The van der Waals surface area contributed by atoms with Crippen LogP contribution in [0.15, 0.2) is 53.1 Å². The van der Waals surface area contributed by atoms with Crippen molar-refractivity contribution in [2.75, 3.05) is 7.11 Å². The summed E-state index contributed by atoms with van der Waals surface area (Å²) < 4.78 is 10.8. The summed E-state index contributed by atoms with van der Waals surface area (Å²) >= 11 is 0. The Hall–Kier alpha value is -3.66. The first kappa shape index (κ1) is 19.6. The van der Waals surface area contributed by atoms with E-state index in [1.165, 1.54) is 0 Å². The molecule has 1 aliphatic rings. The highest BCUT2D eigenvalue weighted by atomic mass is 16.5. The molecule has 0 saturated heterocycles. The van der Waals surface area contributed by atoms with Crippen LogP contribution in [0.1, 0.15) is 53.9 Å². The summed E-state index contributed by atoms with van der Waals surface area (Å²) in [5, 5.41) is 16.4. The van der Waals surface area contributed by atoms with Crippen LogP contribution in [0.2, 0.25) is 0 Å². The summed E-state index contributed by atoms with van der Waals surface area (Å²) in [5.74, 6) is 1.38. The van der Waals surface area contributed by atoms with E-state index in [-0.39, 0.29) is 5.91 Å². The molecule has 152 valence electrons. The van der Waals surface area contributed by atoms with Gasteiger partial charge in [-0.3, -0.25) is 4.79 Å². The van der Waals surface area contributed by atoms with Gasteiger partial charge in [0.2, 0.25) is 5.82 Å². The number of ether oxygens (including phenoxy) is 1. The minimum atomic E-state index is -0.713. The van der Waals surface area contributed by atoms with Gasteiger partial charge in [-0.15, -0.1) is 0 Å². The first-order chi connectivity index (χ1) is 14.6. The summed E-state index contributed by atoms with van der Waals surface area (Å²) in [7, 11) is 1.61. The van der Waals surface area contributed by atoms with Crippen molar-refractivity contribution in [3.63, 3.8) is 0 Å². The molecule has 1 aromatic heterocycles. The van der Waals surface area contributed by atoms with Gasteiger partial charge in [0.15, 0.2) is 0 Å². The molecule has 1 aliphatic carbocycles. The van der Waals surface area contributed by atoms with E-state index < -0.39 is 5.54 Å². The number of carbonyl (C=O) groups excluding carboxylic acids is 1. The topological polar surface area (TPSA) is 101 Å². The highest BCUT2D eigenvalue weighted by Gasteiger charge is 2.41. The van der Waals surface area contributed by atoms with Gasteiger partial charge in [-0.1, -0.05) is 30.5 Å². The monoisotopic (exact) mass is 402 g/mol. The van der Waals surface area contributed by atoms with Crippen LogP contribution in [0.5, 0.6) is 5.75 Å². The normalized spacial score (nSPS) is 15.2. The first-order valence-corrected chi connectivity index (χ1v) is 9.95. The van der Waals surface area contributed by atoms with E-state index in [1.54, 1.807) is 31.4 Å². The quantitative estimate of drug-likeness (QED) is 0.686. The van der Waals surface area contributed by atoms with E-state index in [0.29, 0.717) is 22.8 Å². The molecule has 4 rings (SSSR count). The van der Waals surface area contributed by atoms with Crippen molar-refractivity contribution in [2.24, 2.45) is 0 Å². The van der Waals surface area contributed by atoms with Gasteiger partial charge in [-0.25, -0.2) is 0 Å². The number of nitrogens with zero attached hydrogens (tertiary/aromatic N) is 3. The number of hydrogen-bond acceptors (Lipinski definition) is 6. The molecule has 7 heteroatoms. The van der Waals surface area contributed by atoms with Crippen LogP contribution < -0.4 is 10.1 Å². The third-order valence-corrected chi connectivity index (χ3v) is 5.50. The van der Waals surface area contributed by atoms with E-state index in [0.717, 1.165) is 43.4 Å². The van der Waals surface area contributed by atoms with Gasteiger partial charge < -0.3 is 14.6 Å². The minimum Gasteiger partial charge on any atom is -0.497 e. The second kappa shape index (κ2) is 8.37. The molecular formula is C23H22N4O3. The molecule has 1 heterocycles. The lowest BCUT2D eigenvalue weighted by molar-refractivity contribution is 0.0824. The number of nitriles is 1. The van der Waals surface area contributed by atoms with E-state index in [9.17, 15) is 4.79 Å². The lowest BCUT2D eigenvalue weighted by atomic mass is 9.81. The molecule has 3 aromatic rings. The number of benzene rings is 2. The third kappa shape index (κ3) is 3.90. The average molecular weight is 402 g/mol. The standard InChI is InChI=1S/C23H22N4O3/c1-29-19-10-8-17(9-11-19)20-25-22(30-27-20)23(12-3-2-4-13-23)26-21(28)18-7-5-6-16(14-18)15-24/h5-11,14H,2-4,12-13H2,1H3,(H,26,28). The maximum absolute atomic E-state index is 13.0. The summed E-state index contributed by atoms with van der Waals surface area (Å²) in [6.07, 6.45) is 4.46. The SMILES string of the molecule is COc1ccc(-c2noc(C3(NC(=O)c4cccc(C#N)c4)CCCCC3)n2)cc1. The Morgan fingerprint density at radius 2 is 1.93 bits per heavy atom. The van der Waals surface area contributed by atoms with Crippen molar-refractivity contribution in [3.8, 4) is 23.2 Å². The fourth-order valence-electron chi connectivity index (χ4n) is 3.84. The lowest BCUT2D eigenvalue weighted by Crippen LogP contribution is -2.47. The fourth-order valence-corrected chi connectivity index (χ4v) is 3.84. The number of hydrogen-bond donors (Lipinski definition) is 1. The molecule has 1 amide bonds. The number of aromatic nitrogens is 2. The zero-order chi connectivity index (χ0) is 21.0. The summed E-state index contributed by atoms with van der Waals surface area (Å²) in [5.41, 5.74) is 0.981. The molecule has 1 saturated carbocycles. The van der Waals surface area contributed by atoms with Gasteiger partial charge in [-0.05, 0) is 55.3 Å². The van der Waals surface area contributed by atoms with E-state index in [4.69, 9.17) is 14.5 Å². The Labute approximate surface area is 174 Å². The highest BCUT2D eigenvalue weighted by Crippen LogP contribution is 2.37. The molecule has 0 bridgehead atoms. The predicted octanol–water partition coefficient (Wildman–Crippen LogP) is 4.21. The first-order valence-electron chi connectivity index (χ1n) is 9.95. The van der Waals surface area contributed by atoms with Crippen LogP contribution in [0.3, 0.4) is 0 Å². The fraction of sp³-hybridized carbons (Fsp3) is 0.304. The molecule has 0 aliphatic heterocycles. The van der Waals surface area contributed by atoms with Gasteiger partial charge in [0, 0.05) is 11.1 Å². The summed E-state index contributed by atoms with van der Waals surface area (Å²) in [4.78, 5) is 17.6. The Morgan fingerprint density at radius 3 is 2.63 bits per heavy atom. The van der Waals surface area contributed by atoms with Crippen LogP contribution >= 0.6 is 0 Å². The maximum Gasteiger partial charge on any atom is 0.252 e. The zero-order valence-electron chi connectivity index (χ0n) is 16.7. The number of amides is 1. The van der Waals surface area contributed by atoms with Gasteiger partial charge in [0.25, 0.3) is 11.8 Å². The van der Waals surface area contributed by atoms with Crippen molar-refractivity contribution in [2.45, 2.75) is 37.6 Å². The van der Waals surface area contributed by atoms with Crippen LogP contribution in [0, 0.1) is 11.3 Å². The van der Waals surface area contributed by atoms with Gasteiger partial charge in [-0.2, -0.15) is 10.2 Å². The van der Waals surface area contributed by atoms with Crippen molar-refractivity contribution in [1.82, 2.24) is 15.5 Å². The van der Waals surface area contributed by atoms with Crippen molar-refractivity contribution < 1.29 is 14.1 Å². The molecule has 0 spiro atoms. The second-order valence-corrected chi connectivity index (χ2v) is 7.44. The number of methoxy groups -OCH3 is 1. The zero-order valence-corrected chi connectivity index (χ0v) is 16.7. The molecule has 0 atom stereocenters.